The van der Waals surface area contributed by atoms with Crippen molar-refractivity contribution in [2.24, 2.45) is 0 Å². The van der Waals surface area contributed by atoms with Gasteiger partial charge in [-0.1, -0.05) is 55.8 Å². The fourth-order valence-electron chi connectivity index (χ4n) is 2.32. The lowest BCUT2D eigenvalue weighted by Crippen LogP contribution is -2.13. The maximum absolute atomic E-state index is 12.2. The van der Waals surface area contributed by atoms with E-state index in [1.54, 1.807) is 12.1 Å². The Morgan fingerprint density at radius 1 is 1.04 bits per heavy atom. The molecule has 126 valence electrons. The molecule has 0 unspecified atom stereocenters. The molecule has 0 aromatic heterocycles. The number of aryl methyl sites for hydroxylation is 1. The Kier molecular flexibility index (Phi) is 6.16. The summed E-state index contributed by atoms with van der Waals surface area (Å²) in [6.07, 6.45) is 0.336. The molecular formula is C20H22ClNO2. The van der Waals surface area contributed by atoms with Gasteiger partial charge in [0, 0.05) is 29.1 Å². The quantitative estimate of drug-likeness (QED) is 0.716. The predicted molar refractivity (Wildman–Crippen MR) is 98.9 cm³/mol. The van der Waals surface area contributed by atoms with Crippen LogP contribution in [0.4, 0.5) is 5.69 Å². The molecule has 1 amide bonds. The van der Waals surface area contributed by atoms with Crippen LogP contribution in [0.2, 0.25) is 5.02 Å². The summed E-state index contributed by atoms with van der Waals surface area (Å²) in [6, 6.07) is 12.9. The van der Waals surface area contributed by atoms with Gasteiger partial charge in [0.2, 0.25) is 5.91 Å². The number of hydrogen-bond donors (Lipinski definition) is 1. The second-order valence-corrected chi connectivity index (χ2v) is 6.62. The van der Waals surface area contributed by atoms with Crippen LogP contribution < -0.4 is 5.32 Å². The Balaban J connectivity index is 1.88. The molecule has 0 saturated heterocycles. The van der Waals surface area contributed by atoms with Gasteiger partial charge >= 0.3 is 0 Å². The first-order chi connectivity index (χ1) is 11.4. The first-order valence-corrected chi connectivity index (χ1v) is 8.44. The van der Waals surface area contributed by atoms with Gasteiger partial charge in [0.05, 0.1) is 0 Å². The van der Waals surface area contributed by atoms with Gasteiger partial charge in [-0.2, -0.15) is 0 Å². The van der Waals surface area contributed by atoms with Gasteiger partial charge in [0.25, 0.3) is 0 Å². The SMILES string of the molecule is Cc1ccc(NC(=O)CCC(=O)c2ccc(C(C)C)cc2)cc1Cl. The number of ketones is 1. The highest BCUT2D eigenvalue weighted by molar-refractivity contribution is 6.31. The zero-order chi connectivity index (χ0) is 17.7. The number of nitrogens with one attached hydrogen (secondary N) is 1. The van der Waals surface area contributed by atoms with Crippen LogP contribution in [0.5, 0.6) is 0 Å². The third-order valence-corrected chi connectivity index (χ3v) is 4.34. The molecule has 0 bridgehead atoms. The number of hydrogen-bond acceptors (Lipinski definition) is 2. The van der Waals surface area contributed by atoms with E-state index in [1.807, 2.05) is 37.3 Å². The van der Waals surface area contributed by atoms with E-state index in [-0.39, 0.29) is 24.5 Å². The minimum absolute atomic E-state index is 0.0256. The fraction of sp³-hybridized carbons (Fsp3) is 0.300. The maximum Gasteiger partial charge on any atom is 0.224 e. The van der Waals surface area contributed by atoms with Crippen molar-refractivity contribution in [3.8, 4) is 0 Å². The van der Waals surface area contributed by atoms with Crippen molar-refractivity contribution in [1.82, 2.24) is 0 Å². The van der Waals surface area contributed by atoms with Crippen LogP contribution in [-0.2, 0) is 4.79 Å². The highest BCUT2D eigenvalue weighted by atomic mass is 35.5. The van der Waals surface area contributed by atoms with Crippen LogP contribution in [0.25, 0.3) is 0 Å². The molecule has 0 heterocycles. The molecular weight excluding hydrogens is 322 g/mol. The van der Waals surface area contributed by atoms with E-state index < -0.39 is 0 Å². The van der Waals surface area contributed by atoms with Crippen LogP contribution in [0.15, 0.2) is 42.5 Å². The smallest absolute Gasteiger partial charge is 0.224 e. The molecule has 0 spiro atoms. The molecule has 2 rings (SSSR count). The standard InChI is InChI=1S/C20H22ClNO2/c1-13(2)15-5-7-16(8-6-15)19(23)10-11-20(24)22-17-9-4-14(3)18(21)12-17/h4-9,12-13H,10-11H2,1-3H3,(H,22,24). The summed E-state index contributed by atoms with van der Waals surface area (Å²) >= 11 is 6.03. The zero-order valence-electron chi connectivity index (χ0n) is 14.2. The summed E-state index contributed by atoms with van der Waals surface area (Å²) in [6.45, 7) is 6.12. The fourth-order valence-corrected chi connectivity index (χ4v) is 2.50. The molecule has 4 heteroatoms. The third kappa shape index (κ3) is 4.93. The first kappa shape index (κ1) is 18.2. The lowest BCUT2D eigenvalue weighted by molar-refractivity contribution is -0.116. The molecule has 0 aliphatic carbocycles. The molecule has 0 saturated carbocycles. The molecule has 0 aliphatic heterocycles. The number of amides is 1. The van der Waals surface area contributed by atoms with Crippen LogP contribution in [-0.4, -0.2) is 11.7 Å². The third-order valence-electron chi connectivity index (χ3n) is 3.93. The molecule has 1 N–H and O–H groups in total. The number of carbonyl (C=O) groups is 2. The van der Waals surface area contributed by atoms with Crippen LogP contribution >= 0.6 is 11.6 Å². The van der Waals surface area contributed by atoms with E-state index in [2.05, 4.69) is 19.2 Å². The Morgan fingerprint density at radius 3 is 2.29 bits per heavy atom. The van der Waals surface area contributed by atoms with Crippen molar-refractivity contribution >= 4 is 29.0 Å². The minimum Gasteiger partial charge on any atom is -0.326 e. The van der Waals surface area contributed by atoms with Crippen molar-refractivity contribution in [2.75, 3.05) is 5.32 Å². The molecule has 0 radical (unpaired) electrons. The van der Waals surface area contributed by atoms with Crippen molar-refractivity contribution in [3.63, 3.8) is 0 Å². The molecule has 0 aliphatic rings. The molecule has 24 heavy (non-hydrogen) atoms. The monoisotopic (exact) mass is 343 g/mol. The average molecular weight is 344 g/mol. The van der Waals surface area contributed by atoms with E-state index in [0.717, 1.165) is 5.56 Å². The van der Waals surface area contributed by atoms with Crippen molar-refractivity contribution in [3.05, 3.63) is 64.2 Å². The van der Waals surface area contributed by atoms with Crippen molar-refractivity contribution < 1.29 is 9.59 Å². The molecule has 0 atom stereocenters. The number of Topliss-reactive ketones (excluding diaryl/α,β-unsaturated/α-hetero) is 1. The number of rotatable bonds is 6. The van der Waals surface area contributed by atoms with E-state index in [0.29, 0.717) is 22.2 Å². The number of anilines is 1. The summed E-state index contributed by atoms with van der Waals surface area (Å²) in [5.41, 5.74) is 3.44. The Labute approximate surface area is 148 Å². The summed E-state index contributed by atoms with van der Waals surface area (Å²) in [4.78, 5) is 24.2. The summed E-state index contributed by atoms with van der Waals surface area (Å²) in [5.74, 6) is 0.214. The Hall–Kier alpha value is -2.13. The van der Waals surface area contributed by atoms with E-state index >= 15 is 0 Å². The first-order valence-electron chi connectivity index (χ1n) is 8.06. The molecule has 2 aromatic rings. The van der Waals surface area contributed by atoms with E-state index in [1.165, 1.54) is 5.56 Å². The zero-order valence-corrected chi connectivity index (χ0v) is 15.0. The topological polar surface area (TPSA) is 46.2 Å². The van der Waals surface area contributed by atoms with Gasteiger partial charge in [-0.25, -0.2) is 0 Å². The van der Waals surface area contributed by atoms with Crippen molar-refractivity contribution in [1.29, 1.82) is 0 Å². The minimum atomic E-state index is -0.193. The summed E-state index contributed by atoms with van der Waals surface area (Å²) in [5, 5.41) is 3.37. The Morgan fingerprint density at radius 2 is 1.71 bits per heavy atom. The Bertz CT molecular complexity index is 736. The van der Waals surface area contributed by atoms with Gasteiger partial charge < -0.3 is 5.32 Å². The second-order valence-electron chi connectivity index (χ2n) is 6.21. The summed E-state index contributed by atoms with van der Waals surface area (Å²) in [7, 11) is 0. The maximum atomic E-state index is 12.2. The highest BCUT2D eigenvalue weighted by Gasteiger charge is 2.10. The van der Waals surface area contributed by atoms with Gasteiger partial charge in [0.15, 0.2) is 5.78 Å². The van der Waals surface area contributed by atoms with E-state index in [9.17, 15) is 9.59 Å². The summed E-state index contributed by atoms with van der Waals surface area (Å²) < 4.78 is 0. The second kappa shape index (κ2) is 8.11. The number of halogens is 1. The van der Waals surface area contributed by atoms with Gasteiger partial charge in [-0.3, -0.25) is 9.59 Å². The largest absolute Gasteiger partial charge is 0.326 e. The highest BCUT2D eigenvalue weighted by Crippen LogP contribution is 2.20. The van der Waals surface area contributed by atoms with Crippen LogP contribution in [0, 0.1) is 6.92 Å². The average Bonchev–Trinajstić information content (AvgIpc) is 2.56. The van der Waals surface area contributed by atoms with Crippen molar-refractivity contribution in [2.45, 2.75) is 39.5 Å². The lowest BCUT2D eigenvalue weighted by Gasteiger charge is -2.08. The lowest BCUT2D eigenvalue weighted by atomic mass is 9.99. The molecule has 3 nitrogen and oxygen atoms in total. The number of benzene rings is 2. The number of carbonyl (C=O) groups excluding carboxylic acids is 2. The van der Waals surface area contributed by atoms with E-state index in [4.69, 9.17) is 11.6 Å². The predicted octanol–water partition coefficient (Wildman–Crippen LogP) is 5.37. The van der Waals surface area contributed by atoms with Crippen LogP contribution in [0.1, 0.15) is 54.1 Å². The van der Waals surface area contributed by atoms with Gasteiger partial charge in [0.1, 0.15) is 0 Å². The van der Waals surface area contributed by atoms with Gasteiger partial charge in [-0.05, 0) is 36.1 Å². The normalized spacial score (nSPS) is 10.7. The van der Waals surface area contributed by atoms with Gasteiger partial charge in [-0.15, -0.1) is 0 Å². The molecule has 2 aromatic carbocycles. The molecule has 0 fully saturated rings. The van der Waals surface area contributed by atoms with Crippen LogP contribution in [0.3, 0.4) is 0 Å².